The molecule has 88 heavy (non-hydrogen) atoms. The fourth-order valence-electron chi connectivity index (χ4n) is 11.6. The van der Waals surface area contributed by atoms with Gasteiger partial charge in [-0.15, -0.1) is 11.6 Å². The molecule has 0 bridgehead atoms. The van der Waals surface area contributed by atoms with E-state index in [0.717, 1.165) is 63.4 Å². The second kappa shape index (κ2) is 39.5. The standard InChI is InChI=1S/C23H30N2O2.C21H26N2OS.C17H18ClNO.C15H17N/c1-18-15-25(16-19(2)27-18)17-23(26)24-14-13-22(20-9-5-3-6-10-20)21-11-7-4-8-12-21;24-21(17-23-13-15-25-16-14-23)22-12-11-20(18-7-3-1-4-8-18)19-9-5-2-6-10-19;18-13-17(20)19-12-11-16(14-7-3-1-4-8-14)15-9-5-2-6-10-15;16-12-11-15(13-7-3-1-4-8-13)14-9-5-2-6-10-14/h3-12,18-19,22H,13-17H2,1-2H3,(H,24,26);1-10,20H,11-17H2,(H,22,24);1-10,16H,11-13H2,(H,19,20);1-10,15H,11-12,16H2. The van der Waals surface area contributed by atoms with Crippen LogP contribution in [0.1, 0.15) is 108 Å². The van der Waals surface area contributed by atoms with E-state index in [9.17, 15) is 14.4 Å². The number of halogens is 1. The molecular weight excluding hydrogens is 1130 g/mol. The van der Waals surface area contributed by atoms with Gasteiger partial charge in [-0.2, -0.15) is 11.8 Å². The number of carbonyl (C=O) groups is 3. The van der Waals surface area contributed by atoms with Crippen LogP contribution in [0.25, 0.3) is 0 Å². The molecule has 8 aromatic rings. The summed E-state index contributed by atoms with van der Waals surface area (Å²) in [4.78, 5) is 40.2. The Morgan fingerprint density at radius 3 is 0.932 bits per heavy atom. The van der Waals surface area contributed by atoms with Crippen LogP contribution in [-0.4, -0.2) is 123 Å². The van der Waals surface area contributed by atoms with Gasteiger partial charge in [0.05, 0.1) is 25.3 Å². The van der Waals surface area contributed by atoms with Crippen LogP contribution in [0.15, 0.2) is 243 Å². The summed E-state index contributed by atoms with van der Waals surface area (Å²) >= 11 is 7.46. The Kier molecular flexibility index (Phi) is 30.6. The summed E-state index contributed by atoms with van der Waals surface area (Å²) in [6.07, 6.45) is 4.01. The third-order valence-electron chi connectivity index (χ3n) is 15.8. The number of nitrogens with zero attached hydrogens (tertiary/aromatic N) is 2. The van der Waals surface area contributed by atoms with Gasteiger partial charge < -0.3 is 26.4 Å². The lowest BCUT2D eigenvalue weighted by molar-refractivity contribution is -0.126. The number of amides is 3. The molecule has 10 nitrogen and oxygen atoms in total. The molecular formula is C76H91ClN6O4S. The molecule has 2 atom stereocenters. The molecule has 2 aliphatic heterocycles. The number of ether oxygens (including phenoxy) is 1. The number of hydrogen-bond donors (Lipinski definition) is 4. The molecule has 2 fully saturated rings. The first-order valence-electron chi connectivity index (χ1n) is 31.3. The van der Waals surface area contributed by atoms with Crippen molar-refractivity contribution in [2.24, 2.45) is 5.73 Å². The van der Waals surface area contributed by atoms with Crippen LogP contribution in [0.4, 0.5) is 0 Å². The second-order valence-electron chi connectivity index (χ2n) is 22.5. The molecule has 2 unspecified atom stereocenters. The first kappa shape index (κ1) is 68.1. The summed E-state index contributed by atoms with van der Waals surface area (Å²) in [6.45, 7) is 11.5. The Morgan fingerprint density at radius 2 is 0.670 bits per heavy atom. The lowest BCUT2D eigenvalue weighted by atomic mass is 9.88. The molecule has 2 aliphatic rings. The molecule has 12 heteroatoms. The van der Waals surface area contributed by atoms with Crippen LogP contribution in [0, 0.1) is 0 Å². The SMILES string of the molecule is CC1CN(CC(=O)NCCC(c2ccccc2)c2ccccc2)CC(C)O1.NCCC(c1ccccc1)c1ccccc1.O=C(CCl)NCCC(c1ccccc1)c1ccccc1.O=C(CN1CCSCC1)NCCC(c1ccccc1)c1ccccc1. The van der Waals surface area contributed by atoms with Crippen LogP contribution in [0.2, 0.25) is 0 Å². The number of morpholine rings is 1. The number of nitrogens with two attached hydrogens (primary N) is 1. The van der Waals surface area contributed by atoms with E-state index in [-0.39, 0.29) is 47.6 Å². The van der Waals surface area contributed by atoms with Crippen LogP contribution >= 0.6 is 23.4 Å². The number of benzene rings is 8. The normalized spacial score (nSPS) is 15.0. The van der Waals surface area contributed by atoms with Gasteiger partial charge in [0.25, 0.3) is 0 Å². The van der Waals surface area contributed by atoms with Gasteiger partial charge >= 0.3 is 0 Å². The maximum atomic E-state index is 12.4. The summed E-state index contributed by atoms with van der Waals surface area (Å²) in [5.41, 5.74) is 16.1. The number of nitrogens with one attached hydrogen (secondary N) is 3. The molecule has 0 aliphatic carbocycles. The van der Waals surface area contributed by atoms with E-state index in [0.29, 0.717) is 51.1 Å². The van der Waals surface area contributed by atoms with Gasteiger partial charge in [-0.1, -0.05) is 243 Å². The van der Waals surface area contributed by atoms with Crippen molar-refractivity contribution in [2.75, 3.05) is 82.8 Å². The third-order valence-corrected chi connectivity index (χ3v) is 17.0. The van der Waals surface area contributed by atoms with Crippen LogP contribution in [0.5, 0.6) is 0 Å². The number of alkyl halides is 1. The number of rotatable bonds is 24. The maximum Gasteiger partial charge on any atom is 0.234 e. The van der Waals surface area contributed by atoms with Gasteiger partial charge in [-0.25, -0.2) is 0 Å². The van der Waals surface area contributed by atoms with Crippen molar-refractivity contribution in [2.45, 2.75) is 75.4 Å². The van der Waals surface area contributed by atoms with Gasteiger partial charge in [-0.3, -0.25) is 24.2 Å². The molecule has 8 aromatic carbocycles. The van der Waals surface area contributed by atoms with Crippen molar-refractivity contribution in [1.82, 2.24) is 25.8 Å². The first-order chi connectivity index (χ1) is 43.2. The van der Waals surface area contributed by atoms with E-state index >= 15 is 0 Å². The highest BCUT2D eigenvalue weighted by Gasteiger charge is 2.24. The highest BCUT2D eigenvalue weighted by molar-refractivity contribution is 7.99. The summed E-state index contributed by atoms with van der Waals surface area (Å²) in [7, 11) is 0. The fraction of sp³-hybridized carbons (Fsp3) is 0.329. The molecule has 462 valence electrons. The predicted octanol–water partition coefficient (Wildman–Crippen LogP) is 13.5. The molecule has 0 radical (unpaired) electrons. The lowest BCUT2D eigenvalue weighted by Gasteiger charge is -2.34. The Bertz CT molecular complexity index is 2970. The topological polar surface area (TPSA) is 129 Å². The van der Waals surface area contributed by atoms with E-state index in [1.54, 1.807) is 0 Å². The Balaban J connectivity index is 0.000000170. The summed E-state index contributed by atoms with van der Waals surface area (Å²) < 4.78 is 5.74. The van der Waals surface area contributed by atoms with Crippen molar-refractivity contribution in [3.05, 3.63) is 287 Å². The number of hydrogen-bond acceptors (Lipinski definition) is 8. The van der Waals surface area contributed by atoms with Gasteiger partial charge in [0.2, 0.25) is 17.7 Å². The van der Waals surface area contributed by atoms with Gasteiger partial charge in [0, 0.05) is 81.0 Å². The molecule has 2 heterocycles. The van der Waals surface area contributed by atoms with Crippen molar-refractivity contribution >= 4 is 41.1 Å². The monoisotopic (exact) mass is 1220 g/mol. The van der Waals surface area contributed by atoms with Crippen LogP contribution in [0.3, 0.4) is 0 Å². The van der Waals surface area contributed by atoms with Crippen molar-refractivity contribution in [3.8, 4) is 0 Å². The predicted molar refractivity (Wildman–Crippen MR) is 366 cm³/mol. The molecule has 2 saturated heterocycles. The van der Waals surface area contributed by atoms with Crippen molar-refractivity contribution in [3.63, 3.8) is 0 Å². The average Bonchev–Trinajstić information content (AvgIpc) is 3.75. The fourth-order valence-corrected chi connectivity index (χ4v) is 12.6. The maximum absolute atomic E-state index is 12.4. The molecule has 0 spiro atoms. The lowest BCUT2D eigenvalue weighted by Crippen LogP contribution is -2.49. The van der Waals surface area contributed by atoms with Crippen LogP contribution in [-0.2, 0) is 19.1 Å². The molecule has 10 rings (SSSR count). The third kappa shape index (κ3) is 24.3. The second-order valence-corrected chi connectivity index (χ2v) is 24.0. The summed E-state index contributed by atoms with van der Waals surface area (Å²) in [5.74, 6) is 3.72. The van der Waals surface area contributed by atoms with E-state index in [1.165, 1.54) is 44.5 Å². The van der Waals surface area contributed by atoms with Crippen LogP contribution < -0.4 is 21.7 Å². The van der Waals surface area contributed by atoms with E-state index < -0.39 is 0 Å². The van der Waals surface area contributed by atoms with Gasteiger partial charge in [-0.05, 0) is 90.6 Å². The van der Waals surface area contributed by atoms with Gasteiger partial charge in [0.15, 0.2) is 0 Å². The largest absolute Gasteiger partial charge is 0.373 e. The number of thioether (sulfide) groups is 1. The Morgan fingerprint density at radius 1 is 0.420 bits per heavy atom. The van der Waals surface area contributed by atoms with E-state index in [4.69, 9.17) is 22.1 Å². The zero-order valence-electron chi connectivity index (χ0n) is 51.5. The zero-order valence-corrected chi connectivity index (χ0v) is 53.0. The number of carbonyl (C=O) groups excluding carboxylic acids is 3. The molecule has 0 aromatic heterocycles. The minimum atomic E-state index is -0.119. The van der Waals surface area contributed by atoms with E-state index in [2.05, 4.69) is 209 Å². The Hall–Kier alpha value is -7.35. The van der Waals surface area contributed by atoms with E-state index in [1.807, 2.05) is 84.6 Å². The Labute approximate surface area is 534 Å². The average molecular weight is 1220 g/mol. The molecule has 3 amide bonds. The highest BCUT2D eigenvalue weighted by atomic mass is 35.5. The minimum Gasteiger partial charge on any atom is -0.373 e. The zero-order chi connectivity index (χ0) is 61.8. The van der Waals surface area contributed by atoms with Gasteiger partial charge in [0.1, 0.15) is 5.88 Å². The summed E-state index contributed by atoms with van der Waals surface area (Å²) in [6, 6.07) is 84.0. The molecule has 5 N–H and O–H groups in total. The van der Waals surface area contributed by atoms with Crippen molar-refractivity contribution < 1.29 is 19.1 Å². The smallest absolute Gasteiger partial charge is 0.234 e. The highest BCUT2D eigenvalue weighted by Crippen LogP contribution is 2.31. The summed E-state index contributed by atoms with van der Waals surface area (Å²) in [5, 5.41) is 9.05. The first-order valence-corrected chi connectivity index (χ1v) is 33.0. The molecule has 0 saturated carbocycles. The van der Waals surface area contributed by atoms with Crippen molar-refractivity contribution in [1.29, 1.82) is 0 Å². The minimum absolute atomic E-state index is 0.0152. The quantitative estimate of drug-likeness (QED) is 0.0440.